The van der Waals surface area contributed by atoms with E-state index >= 15 is 0 Å². The first-order valence-corrected chi connectivity index (χ1v) is 8.55. The van der Waals surface area contributed by atoms with Crippen LogP contribution in [0.15, 0.2) is 24.7 Å². The van der Waals surface area contributed by atoms with Crippen LogP contribution < -0.4 is 0 Å². The maximum absolute atomic E-state index is 13.9. The highest BCUT2D eigenvalue weighted by Gasteiger charge is 2.32. The van der Waals surface area contributed by atoms with Crippen molar-refractivity contribution in [2.24, 2.45) is 0 Å². The maximum atomic E-state index is 13.9. The first kappa shape index (κ1) is 17.5. The lowest BCUT2D eigenvalue weighted by Crippen LogP contribution is -2.42. The van der Waals surface area contributed by atoms with Gasteiger partial charge in [0.25, 0.3) is 5.91 Å². The molecule has 6 nitrogen and oxygen atoms in total. The number of carbonyl (C=O) groups is 1. The summed E-state index contributed by atoms with van der Waals surface area (Å²) >= 11 is 0. The van der Waals surface area contributed by atoms with Gasteiger partial charge in [0.2, 0.25) is 0 Å². The predicted molar refractivity (Wildman–Crippen MR) is 92.5 cm³/mol. The number of fused-ring (bicyclic) bond motifs is 1. The Balaban J connectivity index is 1.83. The number of carbonyl (C=O) groups excluding carboxylic acids is 1. The van der Waals surface area contributed by atoms with Crippen molar-refractivity contribution in [3.8, 4) is 0 Å². The summed E-state index contributed by atoms with van der Waals surface area (Å²) in [5.41, 5.74) is 1.20. The number of nitrogens with zero attached hydrogens (tertiary/aromatic N) is 5. The van der Waals surface area contributed by atoms with E-state index in [1.807, 2.05) is 13.1 Å². The molecule has 3 heterocycles. The van der Waals surface area contributed by atoms with Gasteiger partial charge in [0.1, 0.15) is 5.82 Å². The van der Waals surface area contributed by atoms with Gasteiger partial charge in [-0.05, 0) is 33.9 Å². The smallest absolute Gasteiger partial charge is 0.257 e. The molecular weight excluding hydrogens is 321 g/mol. The molecule has 1 amide bonds. The highest BCUT2D eigenvalue weighted by atomic mass is 19.1. The molecule has 0 fully saturated rings. The van der Waals surface area contributed by atoms with Gasteiger partial charge in [0.05, 0.1) is 23.5 Å². The van der Waals surface area contributed by atoms with Crippen LogP contribution in [0.3, 0.4) is 0 Å². The van der Waals surface area contributed by atoms with Gasteiger partial charge in [-0.25, -0.2) is 9.37 Å². The highest BCUT2D eigenvalue weighted by molar-refractivity contribution is 5.94. The molecule has 0 saturated carbocycles. The lowest BCUT2D eigenvalue weighted by molar-refractivity contribution is 0.0630. The summed E-state index contributed by atoms with van der Waals surface area (Å²) in [6.07, 6.45) is 4.39. The molecule has 0 aliphatic carbocycles. The van der Waals surface area contributed by atoms with Gasteiger partial charge in [-0.15, -0.1) is 0 Å². The van der Waals surface area contributed by atoms with Crippen molar-refractivity contribution in [1.29, 1.82) is 0 Å². The van der Waals surface area contributed by atoms with E-state index in [2.05, 4.69) is 40.3 Å². The standard InChI is InChI=1S/C18H24FN5O/c1-12(2)22(4)11-14-9-21-17-13(3)23(7-8-24(14)17)18(25)15-5-6-20-10-16(15)19/h5-6,9-10,12-13H,7-8,11H2,1-4H3/t13-/m0/s1. The number of rotatable bonds is 4. The molecule has 2 aromatic rings. The summed E-state index contributed by atoms with van der Waals surface area (Å²) in [5.74, 6) is -0.0587. The summed E-state index contributed by atoms with van der Waals surface area (Å²) in [6.45, 7) is 8.25. The fourth-order valence-electron chi connectivity index (χ4n) is 3.10. The van der Waals surface area contributed by atoms with E-state index in [-0.39, 0.29) is 17.5 Å². The average molecular weight is 345 g/mol. The molecule has 3 rings (SSSR count). The second-order valence-electron chi connectivity index (χ2n) is 6.80. The summed E-state index contributed by atoms with van der Waals surface area (Å²) in [5, 5.41) is 0. The number of hydrogen-bond acceptors (Lipinski definition) is 4. The average Bonchev–Trinajstić information content (AvgIpc) is 2.99. The molecule has 0 aromatic carbocycles. The Bertz CT molecular complexity index is 773. The summed E-state index contributed by atoms with van der Waals surface area (Å²) in [4.78, 5) is 24.9. The molecule has 0 spiro atoms. The van der Waals surface area contributed by atoms with Crippen molar-refractivity contribution in [2.45, 2.75) is 45.9 Å². The van der Waals surface area contributed by atoms with E-state index in [0.29, 0.717) is 19.1 Å². The van der Waals surface area contributed by atoms with Crippen LogP contribution in [0.4, 0.5) is 4.39 Å². The Morgan fingerprint density at radius 2 is 2.16 bits per heavy atom. The molecule has 0 saturated heterocycles. The zero-order valence-electron chi connectivity index (χ0n) is 15.1. The number of amides is 1. The van der Waals surface area contributed by atoms with Gasteiger partial charge in [0.15, 0.2) is 5.82 Å². The lowest BCUT2D eigenvalue weighted by atomic mass is 10.1. The van der Waals surface area contributed by atoms with Gasteiger partial charge in [-0.1, -0.05) is 0 Å². The van der Waals surface area contributed by atoms with Crippen molar-refractivity contribution in [3.63, 3.8) is 0 Å². The molecule has 7 heteroatoms. The first-order chi connectivity index (χ1) is 11.9. The summed E-state index contributed by atoms with van der Waals surface area (Å²) in [7, 11) is 2.08. The largest absolute Gasteiger partial charge is 0.327 e. The topological polar surface area (TPSA) is 54.3 Å². The van der Waals surface area contributed by atoms with E-state index in [0.717, 1.165) is 24.3 Å². The lowest BCUT2D eigenvalue weighted by Gasteiger charge is -2.35. The number of halogens is 1. The number of imidazole rings is 1. The molecule has 1 atom stereocenters. The van der Waals surface area contributed by atoms with E-state index in [4.69, 9.17) is 0 Å². The normalized spacial score (nSPS) is 17.2. The van der Waals surface area contributed by atoms with Gasteiger partial charge in [0, 0.05) is 38.1 Å². The fraction of sp³-hybridized carbons (Fsp3) is 0.500. The second kappa shape index (κ2) is 6.92. The van der Waals surface area contributed by atoms with E-state index in [1.54, 1.807) is 4.90 Å². The van der Waals surface area contributed by atoms with Crippen LogP contribution in [0.2, 0.25) is 0 Å². The van der Waals surface area contributed by atoms with Crippen LogP contribution >= 0.6 is 0 Å². The van der Waals surface area contributed by atoms with Crippen LogP contribution in [0.5, 0.6) is 0 Å². The molecular formula is C18H24FN5O. The summed E-state index contributed by atoms with van der Waals surface area (Å²) < 4.78 is 16.1. The van der Waals surface area contributed by atoms with Gasteiger partial charge < -0.3 is 9.47 Å². The van der Waals surface area contributed by atoms with Crippen molar-refractivity contribution < 1.29 is 9.18 Å². The minimum Gasteiger partial charge on any atom is -0.327 e. The van der Waals surface area contributed by atoms with Gasteiger partial charge in [-0.2, -0.15) is 0 Å². The van der Waals surface area contributed by atoms with E-state index in [9.17, 15) is 9.18 Å². The molecule has 0 N–H and O–H groups in total. The predicted octanol–water partition coefficient (Wildman–Crippen LogP) is 2.47. The van der Waals surface area contributed by atoms with Gasteiger partial charge >= 0.3 is 0 Å². The maximum Gasteiger partial charge on any atom is 0.257 e. The zero-order chi connectivity index (χ0) is 18.1. The van der Waals surface area contributed by atoms with Crippen molar-refractivity contribution in [1.82, 2.24) is 24.3 Å². The van der Waals surface area contributed by atoms with Crippen molar-refractivity contribution >= 4 is 5.91 Å². The molecule has 0 radical (unpaired) electrons. The third kappa shape index (κ3) is 3.28. The SMILES string of the molecule is CC(C)N(C)Cc1cnc2n1CCN(C(=O)c1ccncc1F)[C@H]2C. The fourth-order valence-corrected chi connectivity index (χ4v) is 3.10. The van der Waals surface area contributed by atoms with E-state index in [1.165, 1.54) is 12.3 Å². The zero-order valence-corrected chi connectivity index (χ0v) is 15.1. The second-order valence-corrected chi connectivity index (χ2v) is 6.80. The van der Waals surface area contributed by atoms with Crippen LogP contribution in [0.1, 0.15) is 48.7 Å². The monoisotopic (exact) mass is 345 g/mol. The van der Waals surface area contributed by atoms with E-state index < -0.39 is 5.82 Å². The molecule has 2 aromatic heterocycles. The van der Waals surface area contributed by atoms with Crippen LogP contribution in [0, 0.1) is 5.82 Å². The minimum absolute atomic E-state index is 0.0571. The molecule has 134 valence electrons. The molecule has 25 heavy (non-hydrogen) atoms. The number of pyridine rings is 1. The Morgan fingerprint density at radius 1 is 1.40 bits per heavy atom. The Morgan fingerprint density at radius 3 is 2.84 bits per heavy atom. The Hall–Kier alpha value is -2.28. The molecule has 0 unspecified atom stereocenters. The summed E-state index contributed by atoms with van der Waals surface area (Å²) in [6, 6.07) is 1.67. The Labute approximate surface area is 147 Å². The molecule has 0 bridgehead atoms. The highest BCUT2D eigenvalue weighted by Crippen LogP contribution is 2.27. The first-order valence-electron chi connectivity index (χ1n) is 8.55. The minimum atomic E-state index is -0.590. The third-order valence-electron chi connectivity index (χ3n) is 4.93. The number of hydrogen-bond donors (Lipinski definition) is 0. The van der Waals surface area contributed by atoms with Crippen molar-refractivity contribution in [3.05, 3.63) is 47.6 Å². The van der Waals surface area contributed by atoms with Crippen molar-refractivity contribution in [2.75, 3.05) is 13.6 Å². The molecule has 1 aliphatic heterocycles. The number of aromatic nitrogens is 3. The van der Waals surface area contributed by atoms with Gasteiger partial charge in [-0.3, -0.25) is 14.7 Å². The van der Waals surface area contributed by atoms with Crippen LogP contribution in [-0.4, -0.2) is 49.9 Å². The van der Waals surface area contributed by atoms with Crippen LogP contribution in [0.25, 0.3) is 0 Å². The quantitative estimate of drug-likeness (QED) is 0.854. The Kier molecular flexibility index (Phi) is 4.85. The third-order valence-corrected chi connectivity index (χ3v) is 4.93. The molecule has 1 aliphatic rings. The van der Waals surface area contributed by atoms with Crippen LogP contribution in [-0.2, 0) is 13.1 Å².